The Labute approximate surface area is 59.4 Å². The number of nitrogens with two attached hydrogens (primary N) is 2. The van der Waals surface area contributed by atoms with Crippen molar-refractivity contribution in [2.75, 3.05) is 19.7 Å². The Balaban J connectivity index is 3.21. The van der Waals surface area contributed by atoms with Gasteiger partial charge in [0.15, 0.2) is 0 Å². The molecular weight excluding hydrogens is 134 g/mol. The third-order valence-corrected chi connectivity index (χ3v) is 1.02. The van der Waals surface area contributed by atoms with E-state index >= 15 is 0 Å². The number of hydrogen-bond acceptors (Lipinski definition) is 4. The first-order valence-corrected chi connectivity index (χ1v) is 3.05. The standard InChI is InChI=1S/C5H13N3O2/c6-4(5(7)10)3-8-1-2-9/h4,8-9H,1-3,6H2,(H2,7,10). The third-order valence-electron chi connectivity index (χ3n) is 1.02. The second kappa shape index (κ2) is 5.16. The second-order valence-corrected chi connectivity index (χ2v) is 1.94. The lowest BCUT2D eigenvalue weighted by atomic mass is 10.3. The van der Waals surface area contributed by atoms with Crippen LogP contribution in [0.2, 0.25) is 0 Å². The smallest absolute Gasteiger partial charge is 0.235 e. The maximum Gasteiger partial charge on any atom is 0.235 e. The van der Waals surface area contributed by atoms with Gasteiger partial charge in [0.2, 0.25) is 5.91 Å². The molecule has 6 N–H and O–H groups in total. The molecule has 0 saturated heterocycles. The van der Waals surface area contributed by atoms with E-state index < -0.39 is 11.9 Å². The van der Waals surface area contributed by atoms with Crippen molar-refractivity contribution in [3.8, 4) is 0 Å². The van der Waals surface area contributed by atoms with Gasteiger partial charge in [-0.3, -0.25) is 4.79 Å². The van der Waals surface area contributed by atoms with Gasteiger partial charge in [0, 0.05) is 13.1 Å². The number of hydrogen-bond donors (Lipinski definition) is 4. The molecule has 0 aliphatic heterocycles. The highest BCUT2D eigenvalue weighted by Gasteiger charge is 2.06. The molecular formula is C5H13N3O2. The Kier molecular flexibility index (Phi) is 4.82. The molecule has 1 unspecified atom stereocenters. The number of carbonyl (C=O) groups excluding carboxylic acids is 1. The van der Waals surface area contributed by atoms with Crippen LogP contribution in [-0.2, 0) is 4.79 Å². The molecule has 1 atom stereocenters. The molecule has 0 aromatic rings. The molecule has 0 spiro atoms. The zero-order chi connectivity index (χ0) is 7.98. The topological polar surface area (TPSA) is 101 Å². The van der Waals surface area contributed by atoms with E-state index in [0.29, 0.717) is 13.1 Å². The number of rotatable bonds is 5. The van der Waals surface area contributed by atoms with Crippen LogP contribution in [0.15, 0.2) is 0 Å². The van der Waals surface area contributed by atoms with E-state index in [0.717, 1.165) is 0 Å². The lowest BCUT2D eigenvalue weighted by Crippen LogP contribution is -2.44. The van der Waals surface area contributed by atoms with Gasteiger partial charge >= 0.3 is 0 Å². The molecule has 60 valence electrons. The molecule has 1 amide bonds. The van der Waals surface area contributed by atoms with Gasteiger partial charge in [-0.05, 0) is 0 Å². The highest BCUT2D eigenvalue weighted by Crippen LogP contribution is 1.70. The Hall–Kier alpha value is -0.650. The van der Waals surface area contributed by atoms with Crippen LogP contribution in [0.3, 0.4) is 0 Å². The lowest BCUT2D eigenvalue weighted by Gasteiger charge is -2.06. The first-order valence-electron chi connectivity index (χ1n) is 3.05. The van der Waals surface area contributed by atoms with Crippen molar-refractivity contribution in [3.63, 3.8) is 0 Å². The molecule has 0 fully saturated rings. The van der Waals surface area contributed by atoms with Gasteiger partial charge in [-0.25, -0.2) is 0 Å². The van der Waals surface area contributed by atoms with Crippen molar-refractivity contribution in [2.45, 2.75) is 6.04 Å². The number of aliphatic hydroxyl groups excluding tert-OH is 1. The SMILES string of the molecule is NC(=O)C(N)CNCCO. The molecule has 0 aromatic carbocycles. The maximum atomic E-state index is 10.3. The van der Waals surface area contributed by atoms with Crippen molar-refractivity contribution in [3.05, 3.63) is 0 Å². The summed E-state index contributed by atoms with van der Waals surface area (Å²) in [6, 6.07) is -0.661. The fourth-order valence-electron chi connectivity index (χ4n) is 0.437. The van der Waals surface area contributed by atoms with E-state index in [1.54, 1.807) is 0 Å². The van der Waals surface area contributed by atoms with Gasteiger partial charge in [-0.2, -0.15) is 0 Å². The van der Waals surface area contributed by atoms with Gasteiger partial charge in [-0.15, -0.1) is 0 Å². The molecule has 5 heteroatoms. The van der Waals surface area contributed by atoms with Crippen LogP contribution in [0.4, 0.5) is 0 Å². The largest absolute Gasteiger partial charge is 0.395 e. The van der Waals surface area contributed by atoms with Crippen molar-refractivity contribution in [2.24, 2.45) is 11.5 Å². The zero-order valence-corrected chi connectivity index (χ0v) is 5.71. The molecule has 10 heavy (non-hydrogen) atoms. The highest BCUT2D eigenvalue weighted by molar-refractivity contribution is 5.79. The van der Waals surface area contributed by atoms with Gasteiger partial charge < -0.3 is 21.9 Å². The fraction of sp³-hybridized carbons (Fsp3) is 0.800. The molecule has 0 heterocycles. The molecule has 0 bridgehead atoms. The van der Waals surface area contributed by atoms with Crippen LogP contribution in [0.25, 0.3) is 0 Å². The van der Waals surface area contributed by atoms with Crippen molar-refractivity contribution in [1.29, 1.82) is 0 Å². The Morgan fingerprint density at radius 2 is 2.30 bits per heavy atom. The van der Waals surface area contributed by atoms with Gasteiger partial charge in [0.05, 0.1) is 12.6 Å². The molecule has 0 aliphatic carbocycles. The fourth-order valence-corrected chi connectivity index (χ4v) is 0.437. The number of carbonyl (C=O) groups is 1. The summed E-state index contributed by atoms with van der Waals surface area (Å²) in [5.41, 5.74) is 10.1. The van der Waals surface area contributed by atoms with Gasteiger partial charge in [0.1, 0.15) is 0 Å². The molecule has 0 saturated carbocycles. The summed E-state index contributed by atoms with van der Waals surface area (Å²) in [7, 11) is 0. The molecule has 0 aliphatic rings. The van der Waals surface area contributed by atoms with E-state index in [4.69, 9.17) is 16.6 Å². The lowest BCUT2D eigenvalue weighted by molar-refractivity contribution is -0.119. The first kappa shape index (κ1) is 9.35. The van der Waals surface area contributed by atoms with Gasteiger partial charge in [-0.1, -0.05) is 0 Å². The van der Waals surface area contributed by atoms with E-state index in [-0.39, 0.29) is 6.61 Å². The Bertz CT molecular complexity index is 107. The summed E-state index contributed by atoms with van der Waals surface area (Å²) >= 11 is 0. The van der Waals surface area contributed by atoms with Gasteiger partial charge in [0.25, 0.3) is 0 Å². The summed E-state index contributed by atoms with van der Waals surface area (Å²) in [5, 5.41) is 11.0. The summed E-state index contributed by atoms with van der Waals surface area (Å²) < 4.78 is 0. The molecule has 0 rings (SSSR count). The predicted molar refractivity (Wildman–Crippen MR) is 37.1 cm³/mol. The summed E-state index contributed by atoms with van der Waals surface area (Å²) in [5.74, 6) is -0.537. The van der Waals surface area contributed by atoms with Crippen molar-refractivity contribution >= 4 is 5.91 Å². The minimum Gasteiger partial charge on any atom is -0.395 e. The van der Waals surface area contributed by atoms with Crippen LogP contribution in [0.1, 0.15) is 0 Å². The van der Waals surface area contributed by atoms with E-state index in [1.807, 2.05) is 0 Å². The summed E-state index contributed by atoms with van der Waals surface area (Å²) in [6.45, 7) is 0.780. The molecule has 5 nitrogen and oxygen atoms in total. The quantitative estimate of drug-likeness (QED) is 0.320. The minimum absolute atomic E-state index is 0.0332. The van der Waals surface area contributed by atoms with Crippen LogP contribution in [-0.4, -0.2) is 36.8 Å². The van der Waals surface area contributed by atoms with Crippen molar-refractivity contribution in [1.82, 2.24) is 5.32 Å². The number of nitrogens with one attached hydrogen (secondary N) is 1. The Morgan fingerprint density at radius 3 is 2.70 bits per heavy atom. The number of amides is 1. The number of primary amides is 1. The predicted octanol–water partition coefficient (Wildman–Crippen LogP) is -2.62. The Morgan fingerprint density at radius 1 is 1.70 bits per heavy atom. The van der Waals surface area contributed by atoms with Crippen LogP contribution >= 0.6 is 0 Å². The average molecular weight is 147 g/mol. The van der Waals surface area contributed by atoms with Crippen molar-refractivity contribution < 1.29 is 9.90 Å². The molecule has 0 radical (unpaired) electrons. The first-order chi connectivity index (χ1) is 4.68. The van der Waals surface area contributed by atoms with E-state index in [1.165, 1.54) is 0 Å². The van der Waals surface area contributed by atoms with Crippen LogP contribution < -0.4 is 16.8 Å². The second-order valence-electron chi connectivity index (χ2n) is 1.94. The maximum absolute atomic E-state index is 10.3. The average Bonchev–Trinajstić information content (AvgIpc) is 1.88. The van der Waals surface area contributed by atoms with E-state index in [9.17, 15) is 4.79 Å². The van der Waals surface area contributed by atoms with Crippen LogP contribution in [0.5, 0.6) is 0 Å². The normalized spacial score (nSPS) is 13.0. The highest BCUT2D eigenvalue weighted by atomic mass is 16.3. The van der Waals surface area contributed by atoms with Crippen LogP contribution in [0, 0.1) is 0 Å². The minimum atomic E-state index is -0.661. The monoisotopic (exact) mass is 147 g/mol. The summed E-state index contributed by atoms with van der Waals surface area (Å²) in [6.07, 6.45) is 0. The zero-order valence-electron chi connectivity index (χ0n) is 5.71. The summed E-state index contributed by atoms with van der Waals surface area (Å²) in [4.78, 5) is 10.3. The third kappa shape index (κ3) is 4.25. The van der Waals surface area contributed by atoms with E-state index in [2.05, 4.69) is 5.32 Å². The molecule has 0 aromatic heterocycles. The number of aliphatic hydroxyl groups is 1.